The Morgan fingerprint density at radius 1 is 1.20 bits per heavy atom. The molecule has 0 aliphatic carbocycles. The van der Waals surface area contributed by atoms with Crippen molar-refractivity contribution in [2.45, 2.75) is 19.1 Å². The number of carbonyl (C=O) groups excluding carboxylic acids is 1. The lowest BCUT2D eigenvalue weighted by Gasteiger charge is -2.15. The van der Waals surface area contributed by atoms with Crippen LogP contribution < -0.4 is 20.7 Å². The van der Waals surface area contributed by atoms with Gasteiger partial charge >= 0.3 is 0 Å². The van der Waals surface area contributed by atoms with Gasteiger partial charge in [0.05, 0.1) is 25.9 Å². The molecule has 1 aliphatic rings. The summed E-state index contributed by atoms with van der Waals surface area (Å²) in [6, 6.07) is 11.6. The Hall–Kier alpha value is -2.96. The van der Waals surface area contributed by atoms with E-state index in [4.69, 9.17) is 9.15 Å². The number of hydrogen-bond acceptors (Lipinski definition) is 4. The summed E-state index contributed by atoms with van der Waals surface area (Å²) in [5.74, 6) is 2.08. The van der Waals surface area contributed by atoms with E-state index in [1.165, 1.54) is 5.56 Å². The Morgan fingerprint density at radius 3 is 2.84 bits per heavy atom. The molecule has 1 unspecified atom stereocenters. The number of nitrogens with one attached hydrogen (secondary N) is 3. The number of rotatable bonds is 6. The van der Waals surface area contributed by atoms with Crippen molar-refractivity contribution in [2.75, 3.05) is 20.1 Å². The number of ether oxygens (including phenoxy) is 1. The summed E-state index contributed by atoms with van der Waals surface area (Å²) in [5, 5.41) is 8.94. The second-order valence-corrected chi connectivity index (χ2v) is 5.71. The maximum Gasteiger partial charge on any atom is 0.239 e. The van der Waals surface area contributed by atoms with Crippen LogP contribution in [0.1, 0.15) is 11.3 Å². The van der Waals surface area contributed by atoms with Gasteiger partial charge in [0.2, 0.25) is 5.91 Å². The Balaban J connectivity index is 1.36. The van der Waals surface area contributed by atoms with E-state index in [0.29, 0.717) is 24.8 Å². The maximum atomic E-state index is 11.8. The van der Waals surface area contributed by atoms with Crippen molar-refractivity contribution in [1.82, 2.24) is 16.0 Å². The third-order valence-electron chi connectivity index (χ3n) is 3.89. The maximum absolute atomic E-state index is 11.8. The van der Waals surface area contributed by atoms with Crippen molar-refractivity contribution in [1.29, 1.82) is 0 Å². The van der Waals surface area contributed by atoms with Gasteiger partial charge in [0, 0.05) is 13.5 Å². The smallest absolute Gasteiger partial charge is 0.239 e. The number of carbonyl (C=O) groups is 1. The van der Waals surface area contributed by atoms with Crippen LogP contribution in [0.2, 0.25) is 0 Å². The van der Waals surface area contributed by atoms with Crippen molar-refractivity contribution < 1.29 is 13.9 Å². The zero-order chi connectivity index (χ0) is 17.5. The molecule has 1 atom stereocenters. The minimum Gasteiger partial charge on any atom is -0.488 e. The molecular formula is C18H22N4O3. The number of para-hydroxylation sites is 1. The molecule has 7 nitrogen and oxygen atoms in total. The summed E-state index contributed by atoms with van der Waals surface area (Å²) in [4.78, 5) is 16.0. The molecule has 1 aliphatic heterocycles. The van der Waals surface area contributed by atoms with Gasteiger partial charge in [-0.1, -0.05) is 18.2 Å². The Morgan fingerprint density at radius 2 is 2.08 bits per heavy atom. The number of aliphatic imine (C=N–C) groups is 1. The average molecular weight is 342 g/mol. The fourth-order valence-corrected chi connectivity index (χ4v) is 2.62. The SMILES string of the molecule is CN=C(NCC(=O)NCc1ccco1)NCC1Cc2ccccc2O1. The number of amides is 1. The van der Waals surface area contributed by atoms with Gasteiger partial charge in [-0.2, -0.15) is 0 Å². The van der Waals surface area contributed by atoms with Gasteiger partial charge in [-0.25, -0.2) is 0 Å². The molecule has 0 spiro atoms. The number of hydrogen-bond donors (Lipinski definition) is 3. The number of fused-ring (bicyclic) bond motifs is 1. The van der Waals surface area contributed by atoms with E-state index >= 15 is 0 Å². The van der Waals surface area contributed by atoms with Crippen molar-refractivity contribution in [2.24, 2.45) is 4.99 Å². The first-order valence-electron chi connectivity index (χ1n) is 8.23. The van der Waals surface area contributed by atoms with E-state index < -0.39 is 0 Å². The number of guanidine groups is 1. The predicted molar refractivity (Wildman–Crippen MR) is 94.5 cm³/mol. The summed E-state index contributed by atoms with van der Waals surface area (Å²) < 4.78 is 11.0. The summed E-state index contributed by atoms with van der Waals surface area (Å²) in [6.45, 7) is 1.11. The van der Waals surface area contributed by atoms with E-state index in [1.807, 2.05) is 24.3 Å². The zero-order valence-electron chi connectivity index (χ0n) is 14.1. The molecule has 0 saturated heterocycles. The highest BCUT2D eigenvalue weighted by atomic mass is 16.5. The summed E-state index contributed by atoms with van der Waals surface area (Å²) in [6.07, 6.45) is 2.50. The molecule has 3 N–H and O–H groups in total. The number of furan rings is 1. The Bertz CT molecular complexity index is 703. The number of nitrogens with zero attached hydrogens (tertiary/aromatic N) is 1. The first-order valence-corrected chi connectivity index (χ1v) is 8.23. The van der Waals surface area contributed by atoms with E-state index in [-0.39, 0.29) is 18.6 Å². The molecule has 25 heavy (non-hydrogen) atoms. The third-order valence-corrected chi connectivity index (χ3v) is 3.89. The normalized spacial score (nSPS) is 16.0. The fraction of sp³-hybridized carbons (Fsp3) is 0.333. The molecule has 0 radical (unpaired) electrons. The van der Waals surface area contributed by atoms with Crippen molar-refractivity contribution in [3.63, 3.8) is 0 Å². The first-order chi connectivity index (χ1) is 12.2. The van der Waals surface area contributed by atoms with Crippen LogP contribution in [-0.4, -0.2) is 38.1 Å². The zero-order valence-corrected chi connectivity index (χ0v) is 14.1. The largest absolute Gasteiger partial charge is 0.488 e. The topological polar surface area (TPSA) is 87.9 Å². The van der Waals surface area contributed by atoms with Crippen LogP contribution in [0.15, 0.2) is 52.1 Å². The van der Waals surface area contributed by atoms with Crippen molar-refractivity contribution in [3.8, 4) is 5.75 Å². The van der Waals surface area contributed by atoms with Crippen LogP contribution in [0.4, 0.5) is 0 Å². The van der Waals surface area contributed by atoms with E-state index in [9.17, 15) is 4.79 Å². The van der Waals surface area contributed by atoms with Gasteiger partial charge in [-0.05, 0) is 23.8 Å². The van der Waals surface area contributed by atoms with Gasteiger partial charge in [0.1, 0.15) is 17.6 Å². The molecule has 0 bridgehead atoms. The van der Waals surface area contributed by atoms with Gasteiger partial charge in [-0.15, -0.1) is 0 Å². The highest BCUT2D eigenvalue weighted by molar-refractivity contribution is 5.86. The highest BCUT2D eigenvalue weighted by Crippen LogP contribution is 2.27. The minimum absolute atomic E-state index is 0.0590. The molecule has 2 heterocycles. The molecule has 132 valence electrons. The predicted octanol–water partition coefficient (Wildman–Crippen LogP) is 1.06. The van der Waals surface area contributed by atoms with Crippen LogP contribution in [0.5, 0.6) is 5.75 Å². The molecule has 0 fully saturated rings. The van der Waals surface area contributed by atoms with Crippen molar-refractivity contribution in [3.05, 3.63) is 54.0 Å². The van der Waals surface area contributed by atoms with E-state index in [1.54, 1.807) is 19.4 Å². The number of benzene rings is 1. The lowest BCUT2D eigenvalue weighted by molar-refractivity contribution is -0.120. The molecule has 2 aromatic rings. The molecule has 1 aromatic carbocycles. The quantitative estimate of drug-likeness (QED) is 0.540. The van der Waals surface area contributed by atoms with Gasteiger partial charge in [0.25, 0.3) is 0 Å². The van der Waals surface area contributed by atoms with Gasteiger partial charge in [0.15, 0.2) is 5.96 Å². The lowest BCUT2D eigenvalue weighted by Crippen LogP contribution is -2.45. The van der Waals surface area contributed by atoms with Crippen LogP contribution in [-0.2, 0) is 17.8 Å². The monoisotopic (exact) mass is 342 g/mol. The Labute approximate surface area is 146 Å². The average Bonchev–Trinajstić information content (AvgIpc) is 3.29. The third kappa shape index (κ3) is 4.76. The van der Waals surface area contributed by atoms with Crippen LogP contribution in [0.25, 0.3) is 0 Å². The van der Waals surface area contributed by atoms with Crippen molar-refractivity contribution >= 4 is 11.9 Å². The second kappa shape index (κ2) is 8.23. The second-order valence-electron chi connectivity index (χ2n) is 5.71. The highest BCUT2D eigenvalue weighted by Gasteiger charge is 2.22. The van der Waals surface area contributed by atoms with E-state index in [2.05, 4.69) is 27.0 Å². The summed E-state index contributed by atoms with van der Waals surface area (Å²) in [7, 11) is 1.67. The van der Waals surface area contributed by atoms with Gasteiger partial charge in [-0.3, -0.25) is 9.79 Å². The molecule has 1 amide bonds. The van der Waals surface area contributed by atoms with Gasteiger partial charge < -0.3 is 25.1 Å². The van der Waals surface area contributed by atoms with E-state index in [0.717, 1.165) is 12.2 Å². The van der Waals surface area contributed by atoms with Crippen LogP contribution in [0.3, 0.4) is 0 Å². The van der Waals surface area contributed by atoms with Crippen LogP contribution >= 0.6 is 0 Å². The molecule has 7 heteroatoms. The fourth-order valence-electron chi connectivity index (χ4n) is 2.62. The first kappa shape index (κ1) is 16.9. The summed E-state index contributed by atoms with van der Waals surface area (Å²) in [5.41, 5.74) is 1.22. The minimum atomic E-state index is -0.135. The summed E-state index contributed by atoms with van der Waals surface area (Å²) >= 11 is 0. The lowest BCUT2D eigenvalue weighted by atomic mass is 10.1. The van der Waals surface area contributed by atoms with Crippen LogP contribution in [0, 0.1) is 0 Å². The molecular weight excluding hydrogens is 320 g/mol. The molecule has 3 rings (SSSR count). The molecule has 0 saturated carbocycles. The molecule has 1 aromatic heterocycles. The standard InChI is InChI=1S/C18H22N4O3/c1-19-18(22-12-17(23)20-10-14-6-4-8-24-14)21-11-15-9-13-5-2-3-7-16(13)25-15/h2-8,15H,9-12H2,1H3,(H,20,23)(H2,19,21,22). The Kier molecular flexibility index (Phi) is 5.56.